The van der Waals surface area contributed by atoms with Crippen molar-refractivity contribution in [1.29, 1.82) is 0 Å². The van der Waals surface area contributed by atoms with Crippen molar-refractivity contribution >= 4 is 23.2 Å². The maximum absolute atomic E-state index is 6.45. The van der Waals surface area contributed by atoms with Crippen molar-refractivity contribution < 1.29 is 9.47 Å². The van der Waals surface area contributed by atoms with Crippen LogP contribution in [-0.4, -0.2) is 38.2 Å². The fraction of sp³-hybridized carbons (Fsp3) is 0.429. The lowest BCUT2D eigenvalue weighted by molar-refractivity contribution is 0.284. The summed E-state index contributed by atoms with van der Waals surface area (Å²) in [5.74, 6) is 1.29. The van der Waals surface area contributed by atoms with Crippen molar-refractivity contribution in [2.75, 3.05) is 33.3 Å². The average molecular weight is 411 g/mol. The molecule has 0 bridgehead atoms. The van der Waals surface area contributed by atoms with Crippen molar-refractivity contribution in [3.63, 3.8) is 0 Å². The monoisotopic (exact) mass is 410 g/mol. The van der Waals surface area contributed by atoms with Gasteiger partial charge < -0.3 is 19.7 Å². The molecule has 0 saturated heterocycles. The Balaban J connectivity index is 1.97. The van der Waals surface area contributed by atoms with Crippen LogP contribution in [0.25, 0.3) is 0 Å². The Kier molecular flexibility index (Phi) is 9.22. The van der Waals surface area contributed by atoms with Gasteiger partial charge in [0.1, 0.15) is 6.61 Å². The highest BCUT2D eigenvalue weighted by molar-refractivity contribution is 6.31. The molecule has 0 amide bonds. The lowest BCUT2D eigenvalue weighted by Crippen LogP contribution is -2.31. The number of ether oxygens (including phenoxy) is 2. The third kappa shape index (κ3) is 6.89. The highest BCUT2D eigenvalue weighted by atomic mass is 35.5. The number of hydrogen-bond donors (Lipinski definition) is 1. The lowest BCUT2D eigenvalue weighted by atomic mass is 10.2. The van der Waals surface area contributed by atoms with Gasteiger partial charge in [0, 0.05) is 35.7 Å². The first kappa shape index (κ1) is 21.8. The predicted octanol–water partition coefficient (Wildman–Crippen LogP) is 5.01. The van der Waals surface area contributed by atoms with Gasteiger partial charge in [-0.3, -0.25) is 0 Å². The summed E-state index contributed by atoms with van der Waals surface area (Å²) in [6.07, 6.45) is 0. The molecule has 0 aromatic heterocycles. The van der Waals surface area contributed by atoms with Gasteiger partial charge in [-0.15, -0.1) is 0 Å². The van der Waals surface area contributed by atoms with Crippen LogP contribution in [0.1, 0.15) is 25.0 Å². The Hall–Kier alpha value is -1.46. The van der Waals surface area contributed by atoms with E-state index in [1.165, 1.54) is 0 Å². The van der Waals surface area contributed by atoms with E-state index in [1.54, 1.807) is 7.11 Å². The fourth-order valence-corrected chi connectivity index (χ4v) is 3.21. The number of hydrogen-bond acceptors (Lipinski definition) is 4. The van der Waals surface area contributed by atoms with Gasteiger partial charge in [-0.2, -0.15) is 0 Å². The van der Waals surface area contributed by atoms with Crippen molar-refractivity contribution in [2.45, 2.75) is 27.0 Å². The van der Waals surface area contributed by atoms with E-state index in [-0.39, 0.29) is 0 Å². The molecule has 0 spiro atoms. The summed E-state index contributed by atoms with van der Waals surface area (Å²) in [7, 11) is 1.63. The molecule has 0 aliphatic rings. The van der Waals surface area contributed by atoms with Crippen LogP contribution in [0.2, 0.25) is 10.0 Å². The maximum atomic E-state index is 6.45. The van der Waals surface area contributed by atoms with Crippen LogP contribution in [0.15, 0.2) is 36.4 Å². The minimum absolute atomic E-state index is 0.398. The van der Waals surface area contributed by atoms with E-state index in [0.29, 0.717) is 34.7 Å². The molecule has 0 heterocycles. The summed E-state index contributed by atoms with van der Waals surface area (Å²) in [6.45, 7) is 9.48. The van der Waals surface area contributed by atoms with Gasteiger partial charge in [0.2, 0.25) is 0 Å². The molecule has 2 aromatic rings. The van der Waals surface area contributed by atoms with Gasteiger partial charge in [0.25, 0.3) is 0 Å². The molecule has 0 aliphatic heterocycles. The SMILES string of the molecule is CCN(CC)CCNCc1cc(OC)c(OCc2cccc(Cl)c2)cc1Cl. The largest absolute Gasteiger partial charge is 0.493 e. The summed E-state index contributed by atoms with van der Waals surface area (Å²) in [5.41, 5.74) is 1.98. The molecule has 4 nitrogen and oxygen atoms in total. The minimum atomic E-state index is 0.398. The summed E-state index contributed by atoms with van der Waals surface area (Å²) >= 11 is 12.5. The molecule has 2 aromatic carbocycles. The van der Waals surface area contributed by atoms with E-state index < -0.39 is 0 Å². The van der Waals surface area contributed by atoms with Crippen molar-refractivity contribution in [2.24, 2.45) is 0 Å². The predicted molar refractivity (Wildman–Crippen MR) is 113 cm³/mol. The molecule has 27 heavy (non-hydrogen) atoms. The van der Waals surface area contributed by atoms with Crippen LogP contribution < -0.4 is 14.8 Å². The fourth-order valence-electron chi connectivity index (χ4n) is 2.77. The van der Waals surface area contributed by atoms with Gasteiger partial charge in [-0.1, -0.05) is 49.2 Å². The molecule has 0 radical (unpaired) electrons. The van der Waals surface area contributed by atoms with Gasteiger partial charge in [0.05, 0.1) is 7.11 Å². The van der Waals surface area contributed by atoms with E-state index in [4.69, 9.17) is 32.7 Å². The molecule has 6 heteroatoms. The molecular weight excluding hydrogens is 383 g/mol. The Labute approximate surface area is 172 Å². The number of benzene rings is 2. The van der Waals surface area contributed by atoms with Crippen LogP contribution in [0, 0.1) is 0 Å². The highest BCUT2D eigenvalue weighted by Gasteiger charge is 2.11. The number of nitrogens with one attached hydrogen (secondary N) is 1. The van der Waals surface area contributed by atoms with E-state index in [9.17, 15) is 0 Å². The Morgan fingerprint density at radius 2 is 1.81 bits per heavy atom. The molecule has 0 saturated carbocycles. The molecule has 1 N–H and O–H groups in total. The van der Waals surface area contributed by atoms with Crippen molar-refractivity contribution in [3.05, 3.63) is 57.6 Å². The summed E-state index contributed by atoms with van der Waals surface area (Å²) in [6, 6.07) is 11.3. The van der Waals surface area contributed by atoms with Crippen LogP contribution in [-0.2, 0) is 13.2 Å². The first-order valence-electron chi connectivity index (χ1n) is 9.24. The van der Waals surface area contributed by atoms with E-state index >= 15 is 0 Å². The third-order valence-corrected chi connectivity index (χ3v) is 5.02. The van der Waals surface area contributed by atoms with Gasteiger partial charge in [-0.25, -0.2) is 0 Å². The van der Waals surface area contributed by atoms with Gasteiger partial charge >= 0.3 is 0 Å². The molecule has 2 rings (SSSR count). The number of halogens is 2. The zero-order valence-electron chi connectivity index (χ0n) is 16.2. The standard InChI is InChI=1S/C21H28Cl2N2O2/c1-4-25(5-2)10-9-24-14-17-12-20(26-3)21(13-19(17)23)27-15-16-7-6-8-18(22)11-16/h6-8,11-13,24H,4-5,9-10,14-15H2,1-3H3. The Morgan fingerprint density at radius 3 is 2.48 bits per heavy atom. The van der Waals surface area contributed by atoms with E-state index in [1.807, 2.05) is 36.4 Å². The second-order valence-electron chi connectivity index (χ2n) is 6.22. The van der Waals surface area contributed by atoms with Crippen LogP contribution in [0.4, 0.5) is 0 Å². The maximum Gasteiger partial charge on any atom is 0.163 e. The number of likely N-dealkylation sites (N-methyl/N-ethyl adjacent to an activating group) is 1. The number of methoxy groups -OCH3 is 1. The highest BCUT2D eigenvalue weighted by Crippen LogP contribution is 2.34. The molecular formula is C21H28Cl2N2O2. The second kappa shape index (κ2) is 11.4. The summed E-state index contributed by atoms with van der Waals surface area (Å²) in [4.78, 5) is 2.38. The van der Waals surface area contributed by atoms with Gasteiger partial charge in [-0.05, 0) is 42.4 Å². The number of rotatable bonds is 11. The smallest absolute Gasteiger partial charge is 0.163 e. The summed E-state index contributed by atoms with van der Waals surface area (Å²) < 4.78 is 11.4. The molecule has 0 unspecified atom stereocenters. The normalized spacial score (nSPS) is 11.0. The van der Waals surface area contributed by atoms with Crippen LogP contribution >= 0.6 is 23.2 Å². The lowest BCUT2D eigenvalue weighted by Gasteiger charge is -2.18. The Morgan fingerprint density at radius 1 is 1.04 bits per heavy atom. The van der Waals surface area contributed by atoms with Gasteiger partial charge in [0.15, 0.2) is 11.5 Å². The number of nitrogens with zero attached hydrogens (tertiary/aromatic N) is 1. The molecule has 0 fully saturated rings. The molecule has 0 atom stereocenters. The quantitative estimate of drug-likeness (QED) is 0.527. The zero-order valence-corrected chi connectivity index (χ0v) is 17.7. The first-order valence-corrected chi connectivity index (χ1v) is 9.99. The zero-order chi connectivity index (χ0) is 19.6. The summed E-state index contributed by atoms with van der Waals surface area (Å²) in [5, 5.41) is 4.79. The van der Waals surface area contributed by atoms with E-state index in [2.05, 4.69) is 24.1 Å². The molecule has 0 aliphatic carbocycles. The Bertz CT molecular complexity index is 721. The van der Waals surface area contributed by atoms with Crippen LogP contribution in [0.3, 0.4) is 0 Å². The third-order valence-electron chi connectivity index (χ3n) is 4.43. The van der Waals surface area contributed by atoms with E-state index in [0.717, 1.165) is 37.3 Å². The second-order valence-corrected chi connectivity index (χ2v) is 7.06. The average Bonchev–Trinajstić information content (AvgIpc) is 2.67. The minimum Gasteiger partial charge on any atom is -0.493 e. The first-order chi connectivity index (χ1) is 13.1. The molecule has 148 valence electrons. The van der Waals surface area contributed by atoms with Crippen molar-refractivity contribution in [3.8, 4) is 11.5 Å². The van der Waals surface area contributed by atoms with Crippen LogP contribution in [0.5, 0.6) is 11.5 Å². The topological polar surface area (TPSA) is 33.7 Å². The van der Waals surface area contributed by atoms with Crippen molar-refractivity contribution in [1.82, 2.24) is 10.2 Å².